The first-order valence-corrected chi connectivity index (χ1v) is 26.1. The summed E-state index contributed by atoms with van der Waals surface area (Å²) in [4.78, 5) is 14.8. The molecular weight excluding hydrogens is 1010 g/mol. The Hall–Kier alpha value is -6.50. The minimum Gasteiger partial charge on any atom is -0.486 e. The molecule has 11 rings (SSSR count). The van der Waals surface area contributed by atoms with Gasteiger partial charge in [-0.25, -0.2) is 4.98 Å². The van der Waals surface area contributed by atoms with Crippen LogP contribution in [-0.2, 0) is 20.1 Å². The molecule has 7 aromatic carbocycles. The van der Waals surface area contributed by atoms with Crippen LogP contribution in [0.4, 0.5) is 0 Å². The van der Waals surface area contributed by atoms with E-state index >= 15 is 0 Å². The molecule has 0 unspecified atom stereocenters. The summed E-state index contributed by atoms with van der Waals surface area (Å²) in [6.07, 6.45) is 1.65. The Bertz CT molecular complexity index is 3810. The van der Waals surface area contributed by atoms with Crippen molar-refractivity contribution in [3.63, 3.8) is 0 Å². The van der Waals surface area contributed by atoms with E-state index in [4.69, 9.17) is 22.6 Å². The van der Waals surface area contributed by atoms with Crippen LogP contribution in [0.2, 0.25) is 19.6 Å². The van der Waals surface area contributed by atoms with Gasteiger partial charge in [-0.1, -0.05) is 156 Å². The van der Waals surface area contributed by atoms with Gasteiger partial charge in [-0.15, -0.1) is 53.6 Å². The molecule has 4 aromatic heterocycles. The molecule has 0 aliphatic carbocycles. The SMILES string of the molecule is CC(C)c1cc(-c2ccccc2)cc(C(C)C)c1-n1c(-c2[c-]ccc3c2oc2nc4c(ccc5ccccc54)cc23)nc2ccccc21.[2H]C([2H])([2H])c1c[c-]c(-c2cc(C([2H])([2H])[2H])c([Si](C)(C)C)cn2)cc1.[Ir]. The number of fused-ring (bicyclic) bond motifs is 7. The van der Waals surface area contributed by atoms with E-state index in [1.807, 2.05) is 6.07 Å². The van der Waals surface area contributed by atoms with Crippen LogP contribution in [-0.4, -0.2) is 27.6 Å². The zero-order chi connectivity index (χ0) is 50.9. The van der Waals surface area contributed by atoms with Crippen LogP contribution in [0.25, 0.3) is 94.2 Å². The standard InChI is InChI=1S/C44H34N3O.C16H20NSi.Ir/c1-26(2)35-24-31(28-13-6-5-7-14-28)25-36(27(3)4)41(35)47-39-20-11-10-19-38(39)45-43(47)34-18-12-17-33-37-23-30-22-21-29-15-8-9-16-32(29)40(30)46-44(37)48-42(33)34;1-12-6-8-14(9-7-12)15-10-13(2)16(11-17-15)18(3,4)5;/h5-17,19-27H,1-4H3;6-8,10-11H,1-5H3;/q2*-1;/i;1D3,2D3;. The molecule has 5 nitrogen and oxygen atoms in total. The van der Waals surface area contributed by atoms with E-state index in [1.165, 1.54) is 40.1 Å². The quantitative estimate of drug-likeness (QED) is 0.0907. The van der Waals surface area contributed by atoms with Crippen LogP contribution in [0.1, 0.15) is 70.0 Å². The Kier molecular flexibility index (Phi) is 10.5. The van der Waals surface area contributed by atoms with Gasteiger partial charge < -0.3 is 14.0 Å². The number of imidazole rings is 1. The Morgan fingerprint density at radius 2 is 1.40 bits per heavy atom. The van der Waals surface area contributed by atoms with Gasteiger partial charge in [0.05, 0.1) is 36.0 Å². The summed E-state index contributed by atoms with van der Waals surface area (Å²) in [6, 6.07) is 55.4. The van der Waals surface area contributed by atoms with Crippen molar-refractivity contribution in [1.29, 1.82) is 0 Å². The number of para-hydroxylation sites is 2. The summed E-state index contributed by atoms with van der Waals surface area (Å²) >= 11 is 0. The van der Waals surface area contributed by atoms with Crippen molar-refractivity contribution in [2.45, 2.75) is 72.9 Å². The molecule has 0 aliphatic heterocycles. The number of furan rings is 1. The van der Waals surface area contributed by atoms with Crippen molar-refractivity contribution < 1.29 is 32.7 Å². The number of benzene rings is 7. The van der Waals surface area contributed by atoms with Crippen molar-refractivity contribution in [3.05, 3.63) is 186 Å². The second-order valence-electron chi connectivity index (χ2n) is 18.7. The average Bonchev–Trinajstić information content (AvgIpc) is 3.93. The summed E-state index contributed by atoms with van der Waals surface area (Å²) in [5.74, 6) is 1.35. The van der Waals surface area contributed by atoms with Gasteiger partial charge >= 0.3 is 0 Å². The predicted octanol–water partition coefficient (Wildman–Crippen LogP) is 15.7. The summed E-state index contributed by atoms with van der Waals surface area (Å²) < 4.78 is 54.7. The Labute approximate surface area is 416 Å². The molecule has 1 radical (unpaired) electrons. The number of hydrogen-bond acceptors (Lipinski definition) is 4. The van der Waals surface area contributed by atoms with Crippen LogP contribution in [0.5, 0.6) is 0 Å². The van der Waals surface area contributed by atoms with Crippen molar-refractivity contribution in [1.82, 2.24) is 19.5 Å². The molecule has 0 amide bonds. The van der Waals surface area contributed by atoms with Crippen LogP contribution < -0.4 is 5.19 Å². The molecule has 0 atom stereocenters. The average molecular weight is 1070 g/mol. The van der Waals surface area contributed by atoms with Crippen LogP contribution in [0.3, 0.4) is 0 Å². The first-order chi connectivity index (χ1) is 34.3. The molecule has 335 valence electrons. The molecule has 0 fully saturated rings. The van der Waals surface area contributed by atoms with Crippen molar-refractivity contribution in [3.8, 4) is 39.5 Å². The Morgan fingerprint density at radius 3 is 2.12 bits per heavy atom. The first-order valence-electron chi connectivity index (χ1n) is 25.6. The van der Waals surface area contributed by atoms with E-state index in [1.54, 1.807) is 18.3 Å². The number of hydrogen-bond donors (Lipinski definition) is 0. The van der Waals surface area contributed by atoms with Crippen LogP contribution in [0, 0.1) is 25.8 Å². The molecule has 7 heteroatoms. The summed E-state index contributed by atoms with van der Waals surface area (Å²) in [5.41, 5.74) is 12.9. The molecule has 0 bridgehead atoms. The van der Waals surface area contributed by atoms with E-state index in [0.717, 1.165) is 65.6 Å². The molecule has 67 heavy (non-hydrogen) atoms. The first kappa shape index (κ1) is 38.6. The van der Waals surface area contributed by atoms with Crippen LogP contribution in [0.15, 0.2) is 156 Å². The number of aromatic nitrogens is 4. The molecule has 4 heterocycles. The van der Waals surface area contributed by atoms with Gasteiger partial charge in [0.15, 0.2) is 0 Å². The fraction of sp³-hybridized carbons (Fsp3) is 0.183. The van der Waals surface area contributed by atoms with E-state index in [0.29, 0.717) is 22.5 Å². The second-order valence-corrected chi connectivity index (χ2v) is 23.7. The minimum absolute atomic E-state index is 0. The zero-order valence-electron chi connectivity index (χ0n) is 44.6. The van der Waals surface area contributed by atoms with Crippen molar-refractivity contribution >= 4 is 68.0 Å². The van der Waals surface area contributed by atoms with Gasteiger partial charge in [0, 0.05) is 56.4 Å². The van der Waals surface area contributed by atoms with Gasteiger partial charge in [-0.2, -0.15) is 0 Å². The maximum atomic E-state index is 7.81. The largest absolute Gasteiger partial charge is 0.486 e. The summed E-state index contributed by atoms with van der Waals surface area (Å²) in [5, 5.41) is 6.18. The second kappa shape index (κ2) is 18.3. The topological polar surface area (TPSA) is 56.7 Å². The van der Waals surface area contributed by atoms with E-state index in [-0.39, 0.29) is 37.5 Å². The van der Waals surface area contributed by atoms with Gasteiger partial charge in [-0.05, 0) is 87.5 Å². The van der Waals surface area contributed by atoms with Gasteiger partial charge in [0.2, 0.25) is 5.71 Å². The van der Waals surface area contributed by atoms with Crippen LogP contribution >= 0.6 is 0 Å². The molecule has 0 spiro atoms. The van der Waals surface area contributed by atoms with E-state index in [2.05, 4.69) is 184 Å². The number of rotatable bonds is 7. The minimum atomic E-state index is -2.22. The molecule has 0 N–H and O–H groups in total. The molecule has 11 aromatic rings. The zero-order valence-corrected chi connectivity index (χ0v) is 42.0. The molecule has 0 saturated carbocycles. The van der Waals surface area contributed by atoms with Crippen molar-refractivity contribution in [2.75, 3.05) is 0 Å². The predicted molar refractivity (Wildman–Crippen MR) is 280 cm³/mol. The molecular formula is C60H54IrN4OSi-2. The smallest absolute Gasteiger partial charge is 0.216 e. The third kappa shape index (κ3) is 8.57. The summed E-state index contributed by atoms with van der Waals surface area (Å²) in [6.45, 7) is 11.0. The monoisotopic (exact) mass is 1070 g/mol. The van der Waals surface area contributed by atoms with E-state index < -0.39 is 21.8 Å². The normalized spacial score (nSPS) is 13.5. The summed E-state index contributed by atoms with van der Waals surface area (Å²) in [7, 11) is -1.85. The van der Waals surface area contributed by atoms with E-state index in [9.17, 15) is 0 Å². The van der Waals surface area contributed by atoms with Gasteiger partial charge in [0.25, 0.3) is 0 Å². The number of aryl methyl sites for hydroxylation is 2. The van der Waals surface area contributed by atoms with Gasteiger partial charge in [-0.3, -0.25) is 4.98 Å². The van der Waals surface area contributed by atoms with Gasteiger partial charge in [0.1, 0.15) is 0 Å². The Balaban J connectivity index is 0.000000223. The fourth-order valence-electron chi connectivity index (χ4n) is 9.05. The number of pyridine rings is 2. The Morgan fingerprint density at radius 1 is 0.672 bits per heavy atom. The molecule has 0 aliphatic rings. The maximum Gasteiger partial charge on any atom is 0.216 e. The third-order valence-electron chi connectivity index (χ3n) is 12.4. The number of nitrogens with zero attached hydrogens (tertiary/aromatic N) is 4. The maximum absolute atomic E-state index is 7.81. The fourth-order valence-corrected chi connectivity index (χ4v) is 10.4. The van der Waals surface area contributed by atoms with Crippen molar-refractivity contribution in [2.24, 2.45) is 0 Å². The third-order valence-corrected chi connectivity index (χ3v) is 14.5. The molecule has 0 saturated heterocycles.